The van der Waals surface area contributed by atoms with Crippen LogP contribution in [0.5, 0.6) is 0 Å². The fourth-order valence-electron chi connectivity index (χ4n) is 0.298. The predicted octanol–water partition coefficient (Wildman–Crippen LogP) is 1.62. The summed E-state index contributed by atoms with van der Waals surface area (Å²) >= 11 is 5.34. The molecule has 0 aliphatic rings. The zero-order chi connectivity index (χ0) is 7.11. The largest absolute Gasteiger partial charge is 0.354 e. The molecule has 0 heterocycles. The lowest BCUT2D eigenvalue weighted by Gasteiger charge is -2.06. The average molecular weight is 153 g/mol. The summed E-state index contributed by atoms with van der Waals surface area (Å²) < 4.78 is 10.0. The molecule has 0 aliphatic heterocycles. The second-order valence-electron chi connectivity index (χ2n) is 1.93. The molecule has 0 spiro atoms. The highest BCUT2D eigenvalue weighted by molar-refractivity contribution is 6.17. The van der Waals surface area contributed by atoms with E-state index in [1.54, 1.807) is 0 Å². The van der Waals surface area contributed by atoms with E-state index in [1.165, 1.54) is 0 Å². The highest BCUT2D eigenvalue weighted by Crippen LogP contribution is 1.87. The van der Waals surface area contributed by atoms with E-state index in [0.29, 0.717) is 19.3 Å². The molecule has 0 aromatic heterocycles. The summed E-state index contributed by atoms with van der Waals surface area (Å²) in [6, 6.07) is 0. The minimum atomic E-state index is 0.236. The van der Waals surface area contributed by atoms with Gasteiger partial charge < -0.3 is 9.47 Å². The highest BCUT2D eigenvalue weighted by Gasteiger charge is 1.90. The van der Waals surface area contributed by atoms with Crippen molar-refractivity contribution in [2.24, 2.45) is 0 Å². The van der Waals surface area contributed by atoms with Crippen LogP contribution in [0.15, 0.2) is 0 Å². The van der Waals surface area contributed by atoms with Gasteiger partial charge in [-0.3, -0.25) is 0 Å². The third-order valence-electron chi connectivity index (χ3n) is 0.706. The topological polar surface area (TPSA) is 18.5 Å². The Hall–Kier alpha value is 0.210. The Morgan fingerprint density at radius 2 is 2.11 bits per heavy atom. The van der Waals surface area contributed by atoms with Gasteiger partial charge in [0.2, 0.25) is 0 Å². The second-order valence-corrected chi connectivity index (χ2v) is 2.31. The van der Waals surface area contributed by atoms with Crippen molar-refractivity contribution in [2.45, 2.75) is 20.0 Å². The molecule has 0 atom stereocenters. The van der Waals surface area contributed by atoms with Crippen LogP contribution in [0.4, 0.5) is 0 Å². The lowest BCUT2D eigenvalue weighted by Crippen LogP contribution is -2.07. The third kappa shape index (κ3) is 8.21. The Kier molecular flexibility index (Phi) is 6.48. The molecular weight excluding hydrogens is 140 g/mol. The first kappa shape index (κ1) is 9.21. The normalized spacial score (nSPS) is 10.7. The summed E-state index contributed by atoms with van der Waals surface area (Å²) in [6.45, 7) is 4.84. The Labute approximate surface area is 61.1 Å². The molecule has 0 rings (SSSR count). The van der Waals surface area contributed by atoms with Crippen LogP contribution in [-0.4, -0.2) is 25.4 Å². The van der Waals surface area contributed by atoms with E-state index in [0.717, 1.165) is 0 Å². The van der Waals surface area contributed by atoms with Crippen molar-refractivity contribution in [1.29, 1.82) is 0 Å². The van der Waals surface area contributed by atoms with Gasteiger partial charge >= 0.3 is 0 Å². The van der Waals surface area contributed by atoms with Gasteiger partial charge in [0.1, 0.15) is 6.79 Å². The van der Waals surface area contributed by atoms with Gasteiger partial charge in [-0.05, 0) is 13.8 Å². The van der Waals surface area contributed by atoms with Crippen molar-refractivity contribution >= 4 is 11.6 Å². The van der Waals surface area contributed by atoms with Crippen molar-refractivity contribution in [1.82, 2.24) is 0 Å². The summed E-state index contributed by atoms with van der Waals surface area (Å²) in [5.74, 6) is 0.529. The fourth-order valence-corrected chi connectivity index (χ4v) is 0.407. The van der Waals surface area contributed by atoms with Crippen LogP contribution in [0.2, 0.25) is 0 Å². The second kappa shape index (κ2) is 6.33. The molecule has 0 fully saturated rings. The fraction of sp³-hybridized carbons (Fsp3) is 1.00. The molecule has 0 bridgehead atoms. The smallest absolute Gasteiger partial charge is 0.147 e. The Morgan fingerprint density at radius 3 is 2.56 bits per heavy atom. The summed E-state index contributed by atoms with van der Waals surface area (Å²) in [6.07, 6.45) is 0.236. The molecule has 0 unspecified atom stereocenters. The molecule has 0 aliphatic carbocycles. The monoisotopic (exact) mass is 152 g/mol. The van der Waals surface area contributed by atoms with Gasteiger partial charge in [-0.1, -0.05) is 0 Å². The van der Waals surface area contributed by atoms with Gasteiger partial charge in [0, 0.05) is 5.88 Å². The van der Waals surface area contributed by atoms with Gasteiger partial charge in [-0.2, -0.15) is 0 Å². The summed E-state index contributed by atoms with van der Waals surface area (Å²) in [5, 5.41) is 0. The van der Waals surface area contributed by atoms with E-state index in [9.17, 15) is 0 Å². The zero-order valence-corrected chi connectivity index (χ0v) is 6.65. The Bertz CT molecular complexity index is 57.0. The number of hydrogen-bond acceptors (Lipinski definition) is 2. The van der Waals surface area contributed by atoms with Crippen molar-refractivity contribution in [3.8, 4) is 0 Å². The number of rotatable bonds is 5. The van der Waals surface area contributed by atoms with Crippen molar-refractivity contribution in [2.75, 3.05) is 19.3 Å². The summed E-state index contributed by atoms with van der Waals surface area (Å²) in [5.41, 5.74) is 0. The number of hydrogen-bond donors (Lipinski definition) is 0. The molecule has 9 heavy (non-hydrogen) atoms. The first-order valence-corrected chi connectivity index (χ1v) is 3.56. The predicted molar refractivity (Wildman–Crippen MR) is 37.8 cm³/mol. The maximum atomic E-state index is 5.34. The van der Waals surface area contributed by atoms with Crippen LogP contribution in [0, 0.1) is 0 Å². The SMILES string of the molecule is CC(C)OCOCCCl. The summed E-state index contributed by atoms with van der Waals surface area (Å²) in [7, 11) is 0. The van der Waals surface area contributed by atoms with Gasteiger partial charge in [0.15, 0.2) is 0 Å². The number of halogens is 1. The molecule has 0 radical (unpaired) electrons. The molecule has 56 valence electrons. The highest BCUT2D eigenvalue weighted by atomic mass is 35.5. The minimum Gasteiger partial charge on any atom is -0.354 e. The van der Waals surface area contributed by atoms with Crippen molar-refractivity contribution in [3.05, 3.63) is 0 Å². The van der Waals surface area contributed by atoms with E-state index in [1.807, 2.05) is 13.8 Å². The van der Waals surface area contributed by atoms with E-state index in [4.69, 9.17) is 21.1 Å². The van der Waals surface area contributed by atoms with Crippen LogP contribution in [0.3, 0.4) is 0 Å². The molecule has 2 nitrogen and oxygen atoms in total. The van der Waals surface area contributed by atoms with E-state index < -0.39 is 0 Å². The maximum Gasteiger partial charge on any atom is 0.147 e. The molecule has 0 amide bonds. The number of ether oxygens (including phenoxy) is 2. The Morgan fingerprint density at radius 1 is 1.44 bits per heavy atom. The van der Waals surface area contributed by atoms with E-state index >= 15 is 0 Å². The molecule has 0 saturated heterocycles. The van der Waals surface area contributed by atoms with E-state index in [2.05, 4.69) is 0 Å². The van der Waals surface area contributed by atoms with Gasteiger partial charge in [-0.25, -0.2) is 0 Å². The first-order valence-electron chi connectivity index (χ1n) is 3.02. The standard InChI is InChI=1S/C6H13ClO2/c1-6(2)9-5-8-4-3-7/h6H,3-5H2,1-2H3. The first-order chi connectivity index (χ1) is 4.27. The molecule has 0 N–H and O–H groups in total. The lowest BCUT2D eigenvalue weighted by atomic mass is 10.5. The molecule has 0 aromatic rings. The van der Waals surface area contributed by atoms with Crippen LogP contribution in [0.25, 0.3) is 0 Å². The lowest BCUT2D eigenvalue weighted by molar-refractivity contribution is -0.0740. The van der Waals surface area contributed by atoms with Crippen LogP contribution in [-0.2, 0) is 9.47 Å². The maximum absolute atomic E-state index is 5.34. The third-order valence-corrected chi connectivity index (χ3v) is 0.861. The zero-order valence-electron chi connectivity index (χ0n) is 5.89. The van der Waals surface area contributed by atoms with Gasteiger partial charge in [0.05, 0.1) is 12.7 Å². The van der Waals surface area contributed by atoms with Crippen LogP contribution >= 0.6 is 11.6 Å². The van der Waals surface area contributed by atoms with Crippen molar-refractivity contribution < 1.29 is 9.47 Å². The average Bonchev–Trinajstić information content (AvgIpc) is 1.80. The quantitative estimate of drug-likeness (QED) is 0.339. The van der Waals surface area contributed by atoms with E-state index in [-0.39, 0.29) is 6.10 Å². The number of alkyl halides is 1. The van der Waals surface area contributed by atoms with Gasteiger partial charge in [-0.15, -0.1) is 11.6 Å². The van der Waals surface area contributed by atoms with Crippen molar-refractivity contribution in [3.63, 3.8) is 0 Å². The molecule has 0 aromatic carbocycles. The Balaban J connectivity index is 2.75. The molecule has 3 heteroatoms. The minimum absolute atomic E-state index is 0.236. The van der Waals surface area contributed by atoms with Crippen LogP contribution < -0.4 is 0 Å². The molecular formula is C6H13ClO2. The van der Waals surface area contributed by atoms with Gasteiger partial charge in [0.25, 0.3) is 0 Å². The summed E-state index contributed by atoms with van der Waals surface area (Å²) in [4.78, 5) is 0. The van der Waals surface area contributed by atoms with Crippen LogP contribution in [0.1, 0.15) is 13.8 Å². The molecule has 0 saturated carbocycles.